The Hall–Kier alpha value is 0.270. The lowest BCUT2D eigenvalue weighted by Crippen LogP contribution is -2.49. The van der Waals surface area contributed by atoms with Gasteiger partial charge >= 0.3 is 0 Å². The van der Waals surface area contributed by atoms with Crippen molar-refractivity contribution in [1.29, 1.82) is 0 Å². The van der Waals surface area contributed by atoms with Crippen LogP contribution in [-0.4, -0.2) is 48.1 Å². The first kappa shape index (κ1) is 14.7. The van der Waals surface area contributed by atoms with Crippen molar-refractivity contribution in [1.82, 2.24) is 10.2 Å². The van der Waals surface area contributed by atoms with E-state index in [1.54, 1.807) is 0 Å². The average molecular weight is 270 g/mol. The molecule has 18 heavy (non-hydrogen) atoms. The summed E-state index contributed by atoms with van der Waals surface area (Å²) in [6, 6.07) is 0. The molecular weight excluding hydrogens is 240 g/mol. The van der Waals surface area contributed by atoms with Gasteiger partial charge in [-0.3, -0.25) is 0 Å². The van der Waals surface area contributed by atoms with E-state index in [0.29, 0.717) is 10.2 Å². The van der Waals surface area contributed by atoms with Crippen molar-refractivity contribution in [2.75, 3.05) is 38.5 Å². The maximum Gasteiger partial charge on any atom is 0.0231 e. The van der Waals surface area contributed by atoms with E-state index < -0.39 is 0 Å². The molecule has 2 fully saturated rings. The Balaban J connectivity index is 1.92. The highest BCUT2D eigenvalue weighted by Gasteiger charge is 2.37. The highest BCUT2D eigenvalue weighted by molar-refractivity contribution is 8.00. The zero-order chi connectivity index (χ0) is 13.1. The SMILES string of the molecule is CCNCC1(CN2CCSC(C)(C)C2)CCCC1. The van der Waals surface area contributed by atoms with E-state index in [-0.39, 0.29) is 0 Å². The van der Waals surface area contributed by atoms with Gasteiger partial charge in [-0.15, -0.1) is 0 Å². The zero-order valence-electron chi connectivity index (χ0n) is 12.4. The Bertz CT molecular complexity index is 259. The molecule has 106 valence electrons. The van der Waals surface area contributed by atoms with Crippen LogP contribution in [0.3, 0.4) is 0 Å². The molecule has 2 aliphatic rings. The van der Waals surface area contributed by atoms with Crippen molar-refractivity contribution >= 4 is 11.8 Å². The first-order chi connectivity index (χ1) is 8.55. The molecule has 0 spiro atoms. The molecule has 1 aliphatic carbocycles. The van der Waals surface area contributed by atoms with Gasteiger partial charge in [0.05, 0.1) is 0 Å². The van der Waals surface area contributed by atoms with Crippen LogP contribution < -0.4 is 5.32 Å². The van der Waals surface area contributed by atoms with Crippen molar-refractivity contribution in [3.05, 3.63) is 0 Å². The lowest BCUT2D eigenvalue weighted by molar-refractivity contribution is 0.144. The summed E-state index contributed by atoms with van der Waals surface area (Å²) in [7, 11) is 0. The molecule has 0 aromatic carbocycles. The van der Waals surface area contributed by atoms with E-state index in [1.165, 1.54) is 57.6 Å². The fourth-order valence-electron chi connectivity index (χ4n) is 3.63. The lowest BCUT2D eigenvalue weighted by atomic mass is 9.85. The predicted octanol–water partition coefficient (Wildman–Crippen LogP) is 2.98. The molecule has 1 saturated heterocycles. The van der Waals surface area contributed by atoms with Gasteiger partial charge in [0, 0.05) is 36.7 Å². The van der Waals surface area contributed by atoms with E-state index in [9.17, 15) is 0 Å². The van der Waals surface area contributed by atoms with Crippen LogP contribution >= 0.6 is 11.8 Å². The van der Waals surface area contributed by atoms with Crippen LogP contribution in [0.2, 0.25) is 0 Å². The third kappa shape index (κ3) is 3.88. The van der Waals surface area contributed by atoms with Gasteiger partial charge in [-0.25, -0.2) is 0 Å². The lowest BCUT2D eigenvalue weighted by Gasteiger charge is -2.42. The van der Waals surface area contributed by atoms with Crippen LogP contribution in [0.5, 0.6) is 0 Å². The summed E-state index contributed by atoms with van der Waals surface area (Å²) in [5.41, 5.74) is 0.577. The summed E-state index contributed by atoms with van der Waals surface area (Å²) < 4.78 is 0.455. The molecule has 0 amide bonds. The second-order valence-electron chi connectivity index (χ2n) is 6.81. The zero-order valence-corrected chi connectivity index (χ0v) is 13.2. The molecule has 0 bridgehead atoms. The fraction of sp³-hybridized carbons (Fsp3) is 1.00. The molecule has 0 radical (unpaired) electrons. The molecular formula is C15H30N2S. The van der Waals surface area contributed by atoms with Crippen molar-refractivity contribution < 1.29 is 0 Å². The Morgan fingerprint density at radius 3 is 2.56 bits per heavy atom. The molecule has 1 heterocycles. The van der Waals surface area contributed by atoms with E-state index >= 15 is 0 Å². The van der Waals surface area contributed by atoms with E-state index in [0.717, 1.165) is 6.54 Å². The largest absolute Gasteiger partial charge is 0.316 e. The summed E-state index contributed by atoms with van der Waals surface area (Å²) in [5.74, 6) is 1.31. The van der Waals surface area contributed by atoms with Gasteiger partial charge in [0.15, 0.2) is 0 Å². The van der Waals surface area contributed by atoms with Crippen LogP contribution in [0.25, 0.3) is 0 Å². The number of nitrogens with zero attached hydrogens (tertiary/aromatic N) is 1. The Morgan fingerprint density at radius 1 is 1.22 bits per heavy atom. The normalized spacial score (nSPS) is 27.5. The molecule has 2 rings (SSSR count). The van der Waals surface area contributed by atoms with Crippen molar-refractivity contribution in [3.63, 3.8) is 0 Å². The third-order valence-corrected chi connectivity index (χ3v) is 5.78. The summed E-state index contributed by atoms with van der Waals surface area (Å²) in [6.45, 7) is 13.3. The van der Waals surface area contributed by atoms with Crippen molar-refractivity contribution in [3.8, 4) is 0 Å². The average Bonchev–Trinajstić information content (AvgIpc) is 2.74. The molecule has 1 aliphatic heterocycles. The van der Waals surface area contributed by atoms with Gasteiger partial charge in [0.1, 0.15) is 0 Å². The van der Waals surface area contributed by atoms with E-state index in [4.69, 9.17) is 0 Å². The third-order valence-electron chi connectivity index (χ3n) is 4.48. The molecule has 0 aromatic rings. The maximum absolute atomic E-state index is 3.61. The smallest absolute Gasteiger partial charge is 0.0231 e. The highest BCUT2D eigenvalue weighted by atomic mass is 32.2. The number of hydrogen-bond donors (Lipinski definition) is 1. The molecule has 0 unspecified atom stereocenters. The van der Waals surface area contributed by atoms with Crippen LogP contribution in [0.1, 0.15) is 46.5 Å². The first-order valence-electron chi connectivity index (χ1n) is 7.62. The Labute approximate surface area is 117 Å². The van der Waals surface area contributed by atoms with Gasteiger partial charge in [-0.1, -0.05) is 19.8 Å². The molecule has 2 nitrogen and oxygen atoms in total. The topological polar surface area (TPSA) is 15.3 Å². The minimum atomic E-state index is 0.455. The maximum atomic E-state index is 3.61. The standard InChI is InChI=1S/C15H30N2S/c1-4-16-11-15(7-5-6-8-15)13-17-9-10-18-14(2,3)12-17/h16H,4-13H2,1-3H3. The highest BCUT2D eigenvalue weighted by Crippen LogP contribution is 2.40. The van der Waals surface area contributed by atoms with Gasteiger partial charge in [0.25, 0.3) is 0 Å². The number of nitrogens with one attached hydrogen (secondary N) is 1. The van der Waals surface area contributed by atoms with Crippen LogP contribution in [0.15, 0.2) is 0 Å². The summed E-state index contributed by atoms with van der Waals surface area (Å²) in [4.78, 5) is 2.74. The Morgan fingerprint density at radius 2 is 1.94 bits per heavy atom. The van der Waals surface area contributed by atoms with Crippen molar-refractivity contribution in [2.24, 2.45) is 5.41 Å². The van der Waals surface area contributed by atoms with Gasteiger partial charge in [-0.2, -0.15) is 11.8 Å². The minimum Gasteiger partial charge on any atom is -0.316 e. The number of rotatable bonds is 5. The summed E-state index contributed by atoms with van der Waals surface area (Å²) in [5, 5.41) is 3.61. The fourth-order valence-corrected chi connectivity index (χ4v) is 4.81. The van der Waals surface area contributed by atoms with Gasteiger partial charge in [0.2, 0.25) is 0 Å². The molecule has 3 heteroatoms. The molecule has 1 N–H and O–H groups in total. The van der Waals surface area contributed by atoms with Crippen LogP contribution in [0, 0.1) is 5.41 Å². The first-order valence-corrected chi connectivity index (χ1v) is 8.61. The summed E-state index contributed by atoms with van der Waals surface area (Å²) >= 11 is 2.14. The second kappa shape index (κ2) is 6.15. The quantitative estimate of drug-likeness (QED) is 0.827. The van der Waals surface area contributed by atoms with Gasteiger partial charge < -0.3 is 10.2 Å². The number of hydrogen-bond acceptors (Lipinski definition) is 3. The van der Waals surface area contributed by atoms with E-state index in [2.05, 4.69) is 42.7 Å². The van der Waals surface area contributed by atoms with Crippen LogP contribution in [0.4, 0.5) is 0 Å². The Kier molecular flexibility index (Phi) is 5.01. The monoisotopic (exact) mass is 270 g/mol. The van der Waals surface area contributed by atoms with E-state index in [1.807, 2.05) is 0 Å². The van der Waals surface area contributed by atoms with Crippen molar-refractivity contribution in [2.45, 2.75) is 51.2 Å². The predicted molar refractivity (Wildman–Crippen MR) is 82.4 cm³/mol. The van der Waals surface area contributed by atoms with Gasteiger partial charge in [-0.05, 0) is 38.6 Å². The number of thioether (sulfide) groups is 1. The molecule has 1 saturated carbocycles. The second-order valence-corrected chi connectivity index (χ2v) is 8.61. The minimum absolute atomic E-state index is 0.455. The molecule has 0 atom stereocenters. The summed E-state index contributed by atoms with van der Waals surface area (Å²) in [6.07, 6.45) is 5.75. The van der Waals surface area contributed by atoms with Crippen LogP contribution in [-0.2, 0) is 0 Å². The molecule has 0 aromatic heterocycles.